The van der Waals surface area contributed by atoms with Crippen molar-refractivity contribution < 1.29 is 112 Å². The third-order valence-corrected chi connectivity index (χ3v) is 1.00. The minimum atomic E-state index is -2.95. The van der Waals surface area contributed by atoms with Crippen LogP contribution in [0.3, 0.4) is 0 Å². The van der Waals surface area contributed by atoms with Gasteiger partial charge in [0.25, 0.3) is 0 Å². The predicted molar refractivity (Wildman–Crippen MR) is 19.8 cm³/mol. The molecule has 5 nitrogen and oxygen atoms in total. The van der Waals surface area contributed by atoms with E-state index in [1.54, 1.807) is 0 Å². The van der Waals surface area contributed by atoms with Gasteiger partial charge in [0.15, 0.2) is 0 Å². The van der Waals surface area contributed by atoms with Gasteiger partial charge in [-0.25, -0.2) is 0 Å². The first kappa shape index (κ1) is 29.2. The number of hydrogen-bond acceptors (Lipinski definition) is 5. The van der Waals surface area contributed by atoms with Gasteiger partial charge in [0.1, 0.15) is 0 Å². The fraction of sp³-hybridized carbons (Fsp3) is 0. The van der Waals surface area contributed by atoms with Crippen LogP contribution in [0.15, 0.2) is 0 Å². The predicted octanol–water partition coefficient (Wildman–Crippen LogP) is -10.5. The van der Waals surface area contributed by atoms with Crippen molar-refractivity contribution in [2.24, 2.45) is 0 Å². The van der Waals surface area contributed by atoms with E-state index in [0.29, 0.717) is 0 Å². The van der Waals surface area contributed by atoms with Crippen molar-refractivity contribution in [2.75, 3.05) is 0 Å². The van der Waals surface area contributed by atoms with E-state index in [1.165, 1.54) is 0 Å². The molecule has 46 valence electrons. The summed E-state index contributed by atoms with van der Waals surface area (Å²) in [5, 5.41) is 0. The van der Waals surface area contributed by atoms with E-state index in [9.17, 15) is 0 Å². The Balaban J connectivity index is -0.0000000208. The van der Waals surface area contributed by atoms with Crippen LogP contribution in [-0.4, -0.2) is 23.0 Å². The molecule has 0 fully saturated rings. The second kappa shape index (κ2) is 18.1. The molecule has 0 aromatic rings. The van der Waals surface area contributed by atoms with Crippen LogP contribution in [0, 0.1) is 0 Å². The van der Waals surface area contributed by atoms with Crippen LogP contribution >= 0.6 is 0 Å². The Labute approximate surface area is 129 Å². The average molecular weight is 214 g/mol. The first-order valence-corrected chi connectivity index (χ1v) is 3.50. The van der Waals surface area contributed by atoms with E-state index in [-0.39, 0.29) is 94.1 Å². The van der Waals surface area contributed by atoms with Gasteiger partial charge in [-0.2, -0.15) is 0 Å². The zero-order chi connectivity index (χ0) is 5.15. The maximum atomic E-state index is 9.09. The summed E-state index contributed by atoms with van der Waals surface area (Å²) < 4.78 is 36.3. The molecule has 0 aromatic carbocycles. The van der Waals surface area contributed by atoms with Gasteiger partial charge in [-0.1, -0.05) is 0 Å². The van der Waals surface area contributed by atoms with E-state index >= 15 is 0 Å². The fourth-order valence-electron chi connectivity index (χ4n) is 0. The minimum absolute atomic E-state index is 0. The molecule has 2 atom stereocenters. The maximum absolute atomic E-state index is 9.09. The molecule has 0 bridgehead atoms. The molecular formula is HNa3O5S2. The van der Waals surface area contributed by atoms with Crippen LogP contribution < -0.4 is 88.7 Å². The normalized spacial score (nSPS) is 11.8. The summed E-state index contributed by atoms with van der Waals surface area (Å²) in [5.41, 5.74) is 0. The summed E-state index contributed by atoms with van der Waals surface area (Å²) >= 11 is 0. The molecule has 0 aliphatic rings. The Morgan fingerprint density at radius 3 is 0.900 bits per heavy atom. The fourth-order valence-corrected chi connectivity index (χ4v) is 0. The van der Waals surface area contributed by atoms with Crippen LogP contribution in [0.2, 0.25) is 0 Å². The van der Waals surface area contributed by atoms with Gasteiger partial charge in [-0.15, -0.1) is 0 Å². The summed E-state index contributed by atoms with van der Waals surface area (Å²) in [6.07, 6.45) is 0. The maximum Gasteiger partial charge on any atom is 1.00 e. The zero-order valence-electron chi connectivity index (χ0n) is 5.90. The van der Waals surface area contributed by atoms with Crippen molar-refractivity contribution in [3.05, 3.63) is 0 Å². The first-order valence-electron chi connectivity index (χ1n) is 0.833. The Morgan fingerprint density at radius 2 is 0.900 bits per heavy atom. The molecule has 0 aliphatic carbocycles. The van der Waals surface area contributed by atoms with Gasteiger partial charge in [0, 0.05) is 20.2 Å². The van der Waals surface area contributed by atoms with Gasteiger partial charge >= 0.3 is 88.7 Å². The number of rotatable bonds is 1. The Hall–Kier alpha value is 3.18. The van der Waals surface area contributed by atoms with Crippen LogP contribution in [0.5, 0.6) is 0 Å². The van der Waals surface area contributed by atoms with Gasteiger partial charge in [-0.3, -0.25) is 8.42 Å². The molecule has 0 heterocycles. The van der Waals surface area contributed by atoms with E-state index in [1.807, 2.05) is 0 Å². The van der Waals surface area contributed by atoms with Gasteiger partial charge in [0.2, 0.25) is 0 Å². The van der Waals surface area contributed by atoms with Crippen LogP contribution in [-0.2, 0) is 20.2 Å². The van der Waals surface area contributed by atoms with Crippen LogP contribution in [0.25, 0.3) is 0 Å². The summed E-state index contributed by atoms with van der Waals surface area (Å²) in [7, 11) is -5.90. The van der Waals surface area contributed by atoms with Crippen molar-refractivity contribution in [1.82, 2.24) is 0 Å². The molecule has 10 heavy (non-hydrogen) atoms. The Kier molecular flexibility index (Phi) is 52.8. The minimum Gasteiger partial charge on any atom is -0.870 e. The van der Waals surface area contributed by atoms with Crippen LogP contribution in [0.4, 0.5) is 0 Å². The summed E-state index contributed by atoms with van der Waals surface area (Å²) in [5.74, 6) is 0. The third-order valence-electron chi connectivity index (χ3n) is 0.111. The molecule has 0 spiro atoms. The molecule has 1 N–H and O–H groups in total. The summed E-state index contributed by atoms with van der Waals surface area (Å²) in [6, 6.07) is 0. The Morgan fingerprint density at radius 1 is 0.800 bits per heavy atom. The topological polar surface area (TPSA) is 110 Å². The van der Waals surface area contributed by atoms with Crippen molar-refractivity contribution in [1.29, 1.82) is 0 Å². The van der Waals surface area contributed by atoms with Crippen LogP contribution in [0.1, 0.15) is 0 Å². The second-order valence-electron chi connectivity index (χ2n) is 0.408. The van der Waals surface area contributed by atoms with E-state index < -0.39 is 20.2 Å². The molecule has 10 heteroatoms. The van der Waals surface area contributed by atoms with E-state index in [4.69, 9.17) is 17.5 Å². The van der Waals surface area contributed by atoms with Crippen molar-refractivity contribution in [3.63, 3.8) is 0 Å². The third kappa shape index (κ3) is 22.5. The van der Waals surface area contributed by atoms with Gasteiger partial charge < -0.3 is 14.6 Å². The average Bonchev–Trinajstić information content (AvgIpc) is 1.36. The molecule has 0 aromatic heterocycles. The quantitative estimate of drug-likeness (QED) is 0.244. The van der Waals surface area contributed by atoms with E-state index in [0.717, 1.165) is 0 Å². The molecule has 0 saturated carbocycles. The monoisotopic (exact) mass is 214 g/mol. The molecule has 0 saturated heterocycles. The summed E-state index contributed by atoms with van der Waals surface area (Å²) in [6.45, 7) is 0. The number of hydrogen-bond donors (Lipinski definition) is 0. The molecule has 0 amide bonds. The SMILES string of the molecule is O=S([O-])S(=O)[O-].[Na+].[Na+].[Na+].[OH-]. The van der Waals surface area contributed by atoms with E-state index in [2.05, 4.69) is 0 Å². The van der Waals surface area contributed by atoms with Crippen molar-refractivity contribution in [3.8, 4) is 0 Å². The molecule has 2 unspecified atom stereocenters. The molecule has 0 rings (SSSR count). The zero-order valence-corrected chi connectivity index (χ0v) is 13.5. The molecule has 0 radical (unpaired) electrons. The van der Waals surface area contributed by atoms with Gasteiger partial charge in [-0.05, 0) is 0 Å². The summed E-state index contributed by atoms with van der Waals surface area (Å²) in [4.78, 5) is 0. The second-order valence-corrected chi connectivity index (χ2v) is 2.86. The molecule has 0 aliphatic heterocycles. The van der Waals surface area contributed by atoms with Crippen molar-refractivity contribution in [2.45, 2.75) is 0 Å². The van der Waals surface area contributed by atoms with Crippen molar-refractivity contribution >= 4 is 20.2 Å². The standard InChI is InChI=1S/3Na.H2O4S2.H2O/c;;;1-5(2)6(3)4;/h;;;(H,1,2)(H,3,4);1H2/q3*+1;;/p-3. The van der Waals surface area contributed by atoms with Gasteiger partial charge in [0.05, 0.1) is 0 Å². The largest absolute Gasteiger partial charge is 1.00 e. The first-order chi connectivity index (χ1) is 2.64. The smallest absolute Gasteiger partial charge is 0.870 e. The Bertz CT molecular complexity index is 80.9. The molecular weight excluding hydrogens is 213 g/mol.